The lowest BCUT2D eigenvalue weighted by Gasteiger charge is -2.40. The van der Waals surface area contributed by atoms with Gasteiger partial charge in [0.1, 0.15) is 0 Å². The lowest BCUT2D eigenvalue weighted by Crippen LogP contribution is -2.48. The summed E-state index contributed by atoms with van der Waals surface area (Å²) in [5, 5.41) is 9.36. The standard InChI is InChI=1S/C15H25NO3/c1-2-15(14(18)19)8-10-16(11-9-15)13(17)12-6-4-3-5-7-12/h12H,2-11H2,1H3,(H,18,19). The summed E-state index contributed by atoms with van der Waals surface area (Å²) in [4.78, 5) is 25.7. The predicted molar refractivity (Wildman–Crippen MR) is 72.7 cm³/mol. The summed E-state index contributed by atoms with van der Waals surface area (Å²) >= 11 is 0. The molecule has 0 unspecified atom stereocenters. The number of carboxylic acid groups (broad SMARTS) is 1. The van der Waals surface area contributed by atoms with E-state index in [4.69, 9.17) is 0 Å². The Hall–Kier alpha value is -1.06. The zero-order chi connectivity index (χ0) is 13.9. The number of amides is 1. The van der Waals surface area contributed by atoms with Gasteiger partial charge in [0.2, 0.25) is 5.91 Å². The lowest BCUT2D eigenvalue weighted by atomic mass is 9.76. The zero-order valence-corrected chi connectivity index (χ0v) is 11.9. The van der Waals surface area contributed by atoms with Gasteiger partial charge in [-0.25, -0.2) is 0 Å². The van der Waals surface area contributed by atoms with Gasteiger partial charge in [0.25, 0.3) is 0 Å². The van der Waals surface area contributed by atoms with Crippen LogP contribution < -0.4 is 0 Å². The van der Waals surface area contributed by atoms with E-state index in [1.54, 1.807) is 0 Å². The smallest absolute Gasteiger partial charge is 0.309 e. The van der Waals surface area contributed by atoms with Crippen molar-refractivity contribution in [3.63, 3.8) is 0 Å². The minimum Gasteiger partial charge on any atom is -0.481 e. The first kappa shape index (κ1) is 14.4. The van der Waals surface area contributed by atoms with Gasteiger partial charge in [-0.2, -0.15) is 0 Å². The first-order chi connectivity index (χ1) is 9.09. The topological polar surface area (TPSA) is 57.6 Å². The summed E-state index contributed by atoms with van der Waals surface area (Å²) in [5.74, 6) is -0.220. The van der Waals surface area contributed by atoms with Crippen LogP contribution in [-0.2, 0) is 9.59 Å². The third kappa shape index (κ3) is 2.93. The Morgan fingerprint density at radius 2 is 1.74 bits per heavy atom. The summed E-state index contributed by atoms with van der Waals surface area (Å²) in [5.41, 5.74) is -0.594. The average Bonchev–Trinajstić information content (AvgIpc) is 2.47. The molecule has 1 N–H and O–H groups in total. The largest absolute Gasteiger partial charge is 0.481 e. The summed E-state index contributed by atoms with van der Waals surface area (Å²) in [7, 11) is 0. The highest BCUT2D eigenvalue weighted by Crippen LogP contribution is 2.36. The maximum atomic E-state index is 12.4. The fourth-order valence-corrected chi connectivity index (χ4v) is 3.48. The first-order valence-corrected chi connectivity index (χ1v) is 7.61. The number of likely N-dealkylation sites (tertiary alicyclic amines) is 1. The van der Waals surface area contributed by atoms with Crippen LogP contribution in [0.5, 0.6) is 0 Å². The number of carbonyl (C=O) groups is 2. The molecule has 2 fully saturated rings. The minimum absolute atomic E-state index is 0.202. The molecular weight excluding hydrogens is 242 g/mol. The molecule has 4 heteroatoms. The van der Waals surface area contributed by atoms with Crippen molar-refractivity contribution in [3.8, 4) is 0 Å². The average molecular weight is 267 g/mol. The molecule has 2 rings (SSSR count). The number of aliphatic carboxylic acids is 1. The molecular formula is C15H25NO3. The van der Waals surface area contributed by atoms with Crippen molar-refractivity contribution in [2.24, 2.45) is 11.3 Å². The summed E-state index contributed by atoms with van der Waals surface area (Å²) < 4.78 is 0. The number of hydrogen-bond donors (Lipinski definition) is 1. The number of carboxylic acids is 1. The van der Waals surface area contributed by atoms with Gasteiger partial charge in [0.15, 0.2) is 0 Å². The van der Waals surface area contributed by atoms with E-state index in [0.29, 0.717) is 32.4 Å². The summed E-state index contributed by atoms with van der Waals surface area (Å²) in [6.07, 6.45) is 7.50. The fraction of sp³-hybridized carbons (Fsp3) is 0.867. The molecule has 0 radical (unpaired) electrons. The third-order valence-corrected chi connectivity index (χ3v) is 5.12. The molecule has 1 aliphatic carbocycles. The van der Waals surface area contributed by atoms with Crippen LogP contribution >= 0.6 is 0 Å². The van der Waals surface area contributed by atoms with Gasteiger partial charge in [-0.15, -0.1) is 0 Å². The summed E-state index contributed by atoms with van der Waals surface area (Å²) in [6.45, 7) is 3.18. The van der Waals surface area contributed by atoms with Gasteiger partial charge in [0, 0.05) is 19.0 Å². The molecule has 0 bridgehead atoms. The Labute approximate surface area is 115 Å². The molecule has 4 nitrogen and oxygen atoms in total. The second-order valence-electron chi connectivity index (χ2n) is 6.10. The highest BCUT2D eigenvalue weighted by molar-refractivity contribution is 5.80. The molecule has 0 atom stereocenters. The molecule has 1 saturated carbocycles. The number of carbonyl (C=O) groups excluding carboxylic acids is 1. The second kappa shape index (κ2) is 5.93. The fourth-order valence-electron chi connectivity index (χ4n) is 3.48. The maximum Gasteiger partial charge on any atom is 0.309 e. The Kier molecular flexibility index (Phi) is 4.48. The molecule has 0 aromatic carbocycles. The van der Waals surface area contributed by atoms with Crippen molar-refractivity contribution in [2.75, 3.05) is 13.1 Å². The molecule has 2 aliphatic rings. The van der Waals surface area contributed by atoms with Crippen molar-refractivity contribution < 1.29 is 14.7 Å². The Morgan fingerprint density at radius 3 is 2.21 bits per heavy atom. The number of hydrogen-bond acceptors (Lipinski definition) is 2. The van der Waals surface area contributed by atoms with Crippen molar-refractivity contribution in [1.29, 1.82) is 0 Å². The molecule has 1 amide bonds. The van der Waals surface area contributed by atoms with Crippen LogP contribution in [0.2, 0.25) is 0 Å². The van der Waals surface area contributed by atoms with E-state index in [0.717, 1.165) is 25.7 Å². The van der Waals surface area contributed by atoms with Gasteiger partial charge in [-0.1, -0.05) is 26.2 Å². The van der Waals surface area contributed by atoms with E-state index in [1.165, 1.54) is 6.42 Å². The molecule has 1 heterocycles. The van der Waals surface area contributed by atoms with E-state index in [-0.39, 0.29) is 11.8 Å². The molecule has 0 spiro atoms. The van der Waals surface area contributed by atoms with Gasteiger partial charge in [0.05, 0.1) is 5.41 Å². The highest BCUT2D eigenvalue weighted by Gasteiger charge is 2.41. The minimum atomic E-state index is -0.695. The zero-order valence-electron chi connectivity index (χ0n) is 11.9. The van der Waals surface area contributed by atoms with E-state index < -0.39 is 11.4 Å². The maximum absolute atomic E-state index is 12.4. The Bertz CT molecular complexity index is 339. The SMILES string of the molecule is CCC1(C(=O)O)CCN(C(=O)C2CCCCC2)CC1. The van der Waals surface area contributed by atoms with Gasteiger partial charge >= 0.3 is 5.97 Å². The van der Waals surface area contributed by atoms with Crippen molar-refractivity contribution in [1.82, 2.24) is 4.90 Å². The predicted octanol–water partition coefficient (Wildman–Crippen LogP) is 2.67. The number of rotatable bonds is 3. The van der Waals surface area contributed by atoms with Crippen LogP contribution in [0.3, 0.4) is 0 Å². The van der Waals surface area contributed by atoms with Crippen LogP contribution in [0.1, 0.15) is 58.3 Å². The molecule has 0 aromatic heterocycles. The highest BCUT2D eigenvalue weighted by atomic mass is 16.4. The molecule has 108 valence electrons. The summed E-state index contributed by atoms with van der Waals surface area (Å²) in [6, 6.07) is 0. The quantitative estimate of drug-likeness (QED) is 0.855. The van der Waals surface area contributed by atoms with Crippen LogP contribution in [0.25, 0.3) is 0 Å². The lowest BCUT2D eigenvalue weighted by molar-refractivity contribution is -0.155. The van der Waals surface area contributed by atoms with Gasteiger partial charge < -0.3 is 10.0 Å². The Morgan fingerprint density at radius 1 is 1.16 bits per heavy atom. The molecule has 1 saturated heterocycles. The van der Waals surface area contributed by atoms with Crippen LogP contribution in [0.4, 0.5) is 0 Å². The van der Waals surface area contributed by atoms with Gasteiger partial charge in [-0.3, -0.25) is 9.59 Å². The van der Waals surface area contributed by atoms with E-state index in [2.05, 4.69) is 0 Å². The first-order valence-electron chi connectivity index (χ1n) is 7.61. The molecule has 19 heavy (non-hydrogen) atoms. The number of piperidine rings is 1. The third-order valence-electron chi connectivity index (χ3n) is 5.12. The molecule has 1 aliphatic heterocycles. The monoisotopic (exact) mass is 267 g/mol. The van der Waals surface area contributed by atoms with Crippen LogP contribution in [0.15, 0.2) is 0 Å². The van der Waals surface area contributed by atoms with E-state index >= 15 is 0 Å². The van der Waals surface area contributed by atoms with Crippen molar-refractivity contribution >= 4 is 11.9 Å². The second-order valence-corrected chi connectivity index (χ2v) is 6.10. The van der Waals surface area contributed by atoms with Crippen LogP contribution in [-0.4, -0.2) is 35.0 Å². The van der Waals surface area contributed by atoms with Crippen molar-refractivity contribution in [2.45, 2.75) is 58.3 Å². The number of nitrogens with zero attached hydrogens (tertiary/aromatic N) is 1. The molecule has 0 aromatic rings. The van der Waals surface area contributed by atoms with E-state index in [9.17, 15) is 14.7 Å². The normalized spacial score (nSPS) is 24.2. The Balaban J connectivity index is 1.92. The van der Waals surface area contributed by atoms with Crippen molar-refractivity contribution in [3.05, 3.63) is 0 Å². The van der Waals surface area contributed by atoms with Gasteiger partial charge in [-0.05, 0) is 32.1 Å². The van der Waals surface area contributed by atoms with E-state index in [1.807, 2.05) is 11.8 Å². The van der Waals surface area contributed by atoms with Crippen LogP contribution in [0, 0.1) is 11.3 Å².